The zero-order valence-electron chi connectivity index (χ0n) is 42.5. The summed E-state index contributed by atoms with van der Waals surface area (Å²) in [5.41, 5.74) is 4.63. The van der Waals surface area contributed by atoms with Crippen LogP contribution in [0.2, 0.25) is 16.6 Å². The van der Waals surface area contributed by atoms with Crippen LogP contribution in [0.1, 0.15) is 84.5 Å². The summed E-state index contributed by atoms with van der Waals surface area (Å²) in [6, 6.07) is 19.1. The molecule has 4 aromatic carbocycles. The molecule has 4 aliphatic rings. The largest absolute Gasteiger partial charge is 0.541 e. The van der Waals surface area contributed by atoms with Crippen LogP contribution in [-0.2, 0) is 26.2 Å². The third kappa shape index (κ3) is 10.1. The van der Waals surface area contributed by atoms with E-state index in [9.17, 15) is 33.1 Å². The van der Waals surface area contributed by atoms with E-state index in [1.165, 1.54) is 35.4 Å². The molecule has 74 heavy (non-hydrogen) atoms. The lowest BCUT2D eigenvalue weighted by Crippen LogP contribution is -2.51. The summed E-state index contributed by atoms with van der Waals surface area (Å²) in [4.78, 5) is 69.1. The maximum atomic E-state index is 14.3. The number of aromatic hydroxyl groups is 1. The van der Waals surface area contributed by atoms with Crippen LogP contribution in [0.15, 0.2) is 85.2 Å². The molecule has 2 fully saturated rings. The van der Waals surface area contributed by atoms with Crippen molar-refractivity contribution in [3.63, 3.8) is 0 Å². The molecule has 0 unspecified atom stereocenters. The number of hydrogen-bond donors (Lipinski definition) is 3. The first-order chi connectivity index (χ1) is 35.6. The molecule has 0 saturated carbocycles. The van der Waals surface area contributed by atoms with Gasteiger partial charge in [0, 0.05) is 99.7 Å². The minimum atomic E-state index is -2.51. The van der Waals surface area contributed by atoms with E-state index in [1.54, 1.807) is 57.3 Å². The van der Waals surface area contributed by atoms with Gasteiger partial charge in [-0.05, 0) is 76.3 Å². The summed E-state index contributed by atoms with van der Waals surface area (Å²) >= 11 is 0. The minimum Gasteiger partial charge on any atom is -0.541 e. The SMILES string of the molecule is CC(C)[Si](Oc1c2c(c(OC(=O)N3CCNCC3)c3cccnc13)CN(Cc1ccc(F)cc1)C2=O)(C(C)C)C(C)C.O=C(Oc1c2c(c(O)c3ncccc13)C(=O)N(Cc1ccc(F)cc1)C2)N1CCNCC1. The van der Waals surface area contributed by atoms with Gasteiger partial charge in [0.2, 0.25) is 0 Å². The molecular weight excluding hydrogens is 967 g/mol. The molecule has 0 radical (unpaired) electrons. The number of nitrogens with zero attached hydrogens (tertiary/aromatic N) is 6. The Bertz CT molecular complexity index is 3070. The molecule has 388 valence electrons. The molecule has 6 heterocycles. The van der Waals surface area contributed by atoms with Gasteiger partial charge in [-0.3, -0.25) is 19.6 Å². The number of nitrogens with one attached hydrogen (secondary N) is 2. The fourth-order valence-electron chi connectivity index (χ4n) is 11.0. The van der Waals surface area contributed by atoms with Gasteiger partial charge in [-0.15, -0.1) is 0 Å². The molecule has 4 amide bonds. The van der Waals surface area contributed by atoms with Crippen LogP contribution in [0.4, 0.5) is 18.4 Å². The van der Waals surface area contributed by atoms with Gasteiger partial charge in [-0.1, -0.05) is 65.8 Å². The van der Waals surface area contributed by atoms with Gasteiger partial charge in [-0.2, -0.15) is 0 Å². The van der Waals surface area contributed by atoms with Gasteiger partial charge >= 0.3 is 12.2 Å². The van der Waals surface area contributed by atoms with E-state index in [0.29, 0.717) is 96.8 Å². The number of pyridine rings is 2. The summed E-state index contributed by atoms with van der Waals surface area (Å²) < 4.78 is 46.1. The first-order valence-electron chi connectivity index (χ1n) is 25.2. The summed E-state index contributed by atoms with van der Waals surface area (Å²) in [7, 11) is -2.51. The maximum absolute atomic E-state index is 14.3. The number of carbonyl (C=O) groups is 4. The molecule has 16 nitrogen and oxygen atoms in total. The van der Waals surface area contributed by atoms with Gasteiger partial charge < -0.3 is 49.2 Å². The summed E-state index contributed by atoms with van der Waals surface area (Å²) in [6.45, 7) is 19.0. The highest BCUT2D eigenvalue weighted by Gasteiger charge is 2.49. The highest BCUT2D eigenvalue weighted by molar-refractivity contribution is 6.78. The number of aromatic nitrogens is 2. The maximum Gasteiger partial charge on any atom is 0.415 e. The number of amides is 4. The monoisotopic (exact) mass is 1030 g/mol. The van der Waals surface area contributed by atoms with E-state index in [4.69, 9.17) is 18.9 Å². The van der Waals surface area contributed by atoms with Crippen molar-refractivity contribution >= 4 is 54.1 Å². The van der Waals surface area contributed by atoms with Gasteiger partial charge in [0.15, 0.2) is 5.75 Å². The van der Waals surface area contributed by atoms with E-state index < -0.39 is 26.4 Å². The Hall–Kier alpha value is -7.22. The number of ether oxygens (including phenoxy) is 2. The molecule has 4 aliphatic heterocycles. The zero-order valence-corrected chi connectivity index (χ0v) is 43.5. The first kappa shape index (κ1) is 51.7. The van der Waals surface area contributed by atoms with E-state index in [-0.39, 0.29) is 82.9 Å². The van der Waals surface area contributed by atoms with Crippen molar-refractivity contribution in [3.05, 3.63) is 130 Å². The van der Waals surface area contributed by atoms with Crippen molar-refractivity contribution in [2.45, 2.75) is 84.3 Å². The topological polar surface area (TPSA) is 179 Å². The average molecular weight is 1030 g/mol. The molecule has 10 rings (SSSR count). The number of halogens is 2. The number of phenolic OH excluding ortho intramolecular Hbond substituents is 1. The van der Waals surface area contributed by atoms with E-state index >= 15 is 0 Å². The van der Waals surface area contributed by atoms with Crippen molar-refractivity contribution < 1.29 is 47.0 Å². The molecular formula is C55H62F2N8O8Si. The molecule has 6 aromatic rings. The van der Waals surface area contributed by atoms with Crippen LogP contribution in [0.3, 0.4) is 0 Å². The van der Waals surface area contributed by atoms with Crippen LogP contribution >= 0.6 is 0 Å². The van der Waals surface area contributed by atoms with Crippen molar-refractivity contribution in [2.75, 3.05) is 52.4 Å². The van der Waals surface area contributed by atoms with Gasteiger partial charge in [-0.25, -0.2) is 18.4 Å². The summed E-state index contributed by atoms with van der Waals surface area (Å²) in [5.74, 6) is -0.459. The summed E-state index contributed by atoms with van der Waals surface area (Å²) in [5, 5.41) is 18.4. The third-order valence-electron chi connectivity index (χ3n) is 14.5. The minimum absolute atomic E-state index is 0.0847. The summed E-state index contributed by atoms with van der Waals surface area (Å²) in [6.07, 6.45) is 2.24. The van der Waals surface area contributed by atoms with E-state index in [2.05, 4.69) is 57.2 Å². The third-order valence-corrected chi connectivity index (χ3v) is 20.5. The van der Waals surface area contributed by atoms with Gasteiger partial charge in [0.05, 0.1) is 24.2 Å². The van der Waals surface area contributed by atoms with Crippen molar-refractivity contribution in [2.24, 2.45) is 0 Å². The highest BCUT2D eigenvalue weighted by atomic mass is 28.4. The standard InChI is InChI=1S/C32H41FN4O4Si.C23H21FN4O4/c1-20(2)42(21(3)4,22(5)6)41-30-27-26(19-37(31(27)38)18-23-9-11-24(33)12-10-23)29(25-8-7-13-35-28(25)30)40-32(39)36-16-14-34-15-17-36;24-15-5-3-14(4-6-15)12-28-13-17-18(22(28)30)20(29)19-16(2-1-7-26-19)21(17)32-23(31)27-10-8-25-9-11-27/h7-13,20-22,34H,14-19H2,1-6H3;1-7,25,29H,8-13H2. The second kappa shape index (κ2) is 21.7. The molecule has 3 N–H and O–H groups in total. The molecule has 19 heteroatoms. The first-order valence-corrected chi connectivity index (χ1v) is 27.4. The predicted octanol–water partition coefficient (Wildman–Crippen LogP) is 9.13. The quantitative estimate of drug-likeness (QED) is 0.105. The van der Waals surface area contributed by atoms with Crippen molar-refractivity contribution in [3.8, 4) is 23.0 Å². The van der Waals surface area contributed by atoms with Gasteiger partial charge in [0.1, 0.15) is 39.9 Å². The Morgan fingerprint density at radius 3 is 1.46 bits per heavy atom. The molecule has 0 aliphatic carbocycles. The average Bonchev–Trinajstić information content (AvgIpc) is 3.90. The number of hydrogen-bond acceptors (Lipinski definition) is 12. The second-order valence-corrected chi connectivity index (χ2v) is 25.4. The number of rotatable bonds is 11. The van der Waals surface area contributed by atoms with E-state index in [0.717, 1.165) is 11.1 Å². The normalized spacial score (nSPS) is 15.8. The molecule has 0 bridgehead atoms. The van der Waals surface area contributed by atoms with Crippen LogP contribution in [0.25, 0.3) is 21.8 Å². The molecule has 0 spiro atoms. The van der Waals surface area contributed by atoms with Gasteiger partial charge in [0.25, 0.3) is 20.1 Å². The second-order valence-electron chi connectivity index (χ2n) is 20.0. The van der Waals surface area contributed by atoms with Crippen LogP contribution in [0, 0.1) is 11.6 Å². The van der Waals surface area contributed by atoms with Crippen LogP contribution in [0.5, 0.6) is 23.0 Å². The highest BCUT2D eigenvalue weighted by Crippen LogP contribution is 2.50. The predicted molar refractivity (Wildman–Crippen MR) is 278 cm³/mol. The van der Waals surface area contributed by atoms with Crippen molar-refractivity contribution in [1.29, 1.82) is 0 Å². The van der Waals surface area contributed by atoms with E-state index in [1.807, 2.05) is 12.1 Å². The smallest absolute Gasteiger partial charge is 0.415 e. The lowest BCUT2D eigenvalue weighted by Gasteiger charge is -2.42. The lowest BCUT2D eigenvalue weighted by molar-refractivity contribution is 0.0757. The lowest BCUT2D eigenvalue weighted by atomic mass is 10.0. The Morgan fingerprint density at radius 1 is 0.608 bits per heavy atom. The van der Waals surface area contributed by atoms with Crippen molar-refractivity contribution in [1.82, 2.24) is 40.2 Å². The zero-order chi connectivity index (χ0) is 52.4. The number of piperazine rings is 2. The number of benzene rings is 4. The van der Waals surface area contributed by atoms with Crippen LogP contribution < -0.4 is 24.5 Å². The molecule has 2 aromatic heterocycles. The molecule has 2 saturated heterocycles. The number of carbonyl (C=O) groups excluding carboxylic acids is 4. The van der Waals surface area contributed by atoms with Crippen LogP contribution in [-0.4, -0.2) is 119 Å². The fraction of sp³-hybridized carbons (Fsp3) is 0.382. The Morgan fingerprint density at radius 2 is 1.01 bits per heavy atom. The number of phenols is 1. The fourth-order valence-corrected chi connectivity index (χ4v) is 16.2. The Kier molecular flexibility index (Phi) is 15.2. The Labute approximate surface area is 429 Å². The molecule has 0 atom stereocenters. The Balaban J connectivity index is 0.000000188. The number of fused-ring (bicyclic) bond motifs is 4.